The summed E-state index contributed by atoms with van der Waals surface area (Å²) in [5.41, 5.74) is 0.391. The summed E-state index contributed by atoms with van der Waals surface area (Å²) in [6.07, 6.45) is 2.00. The first kappa shape index (κ1) is 7.74. The molecule has 0 heteroatoms. The van der Waals surface area contributed by atoms with Crippen molar-refractivity contribution in [3.05, 3.63) is 12.7 Å². The molecule has 48 valence electrons. The Labute approximate surface area is 52.6 Å². The minimum Gasteiger partial charge on any atom is -0.103 e. The molecule has 0 N–H and O–H groups in total. The molecule has 0 aromatic heterocycles. The highest BCUT2D eigenvalue weighted by Crippen LogP contribution is 2.25. The first-order chi connectivity index (χ1) is 3.48. The van der Waals surface area contributed by atoms with E-state index in [2.05, 4.69) is 34.3 Å². The second-order valence-corrected chi connectivity index (χ2v) is 3.39. The summed E-state index contributed by atoms with van der Waals surface area (Å²) in [5, 5.41) is 0. The van der Waals surface area contributed by atoms with Gasteiger partial charge in [-0.1, -0.05) is 33.8 Å². The lowest BCUT2D eigenvalue weighted by molar-refractivity contribution is 0.315. The molecule has 0 rings (SSSR count). The zero-order valence-electron chi connectivity index (χ0n) is 6.36. The van der Waals surface area contributed by atoms with Gasteiger partial charge in [0.15, 0.2) is 0 Å². The van der Waals surface area contributed by atoms with E-state index in [1.807, 2.05) is 6.08 Å². The second kappa shape index (κ2) is 2.34. The normalized spacial score (nSPS) is 15.5. The van der Waals surface area contributed by atoms with E-state index in [9.17, 15) is 0 Å². The Kier molecular flexibility index (Phi) is 2.26. The highest BCUT2D eigenvalue weighted by Gasteiger charge is 2.15. The van der Waals surface area contributed by atoms with Gasteiger partial charge >= 0.3 is 0 Å². The molecule has 0 saturated heterocycles. The molecule has 0 aliphatic rings. The molecule has 0 nitrogen and oxygen atoms in total. The van der Waals surface area contributed by atoms with Gasteiger partial charge in [0.2, 0.25) is 0 Å². The molecule has 0 aromatic carbocycles. The lowest BCUT2D eigenvalue weighted by Crippen LogP contribution is -2.14. The van der Waals surface area contributed by atoms with Crippen molar-refractivity contribution < 1.29 is 0 Å². The van der Waals surface area contributed by atoms with Crippen LogP contribution in [0.1, 0.15) is 27.7 Å². The summed E-state index contributed by atoms with van der Waals surface area (Å²) in [5.74, 6) is 0.613. The van der Waals surface area contributed by atoms with Crippen molar-refractivity contribution >= 4 is 0 Å². The van der Waals surface area contributed by atoms with Gasteiger partial charge in [0, 0.05) is 0 Å². The van der Waals surface area contributed by atoms with Crippen LogP contribution in [-0.2, 0) is 0 Å². The zero-order chi connectivity index (χ0) is 6.78. The summed E-state index contributed by atoms with van der Waals surface area (Å²) in [7, 11) is 0. The molecule has 0 radical (unpaired) electrons. The smallest absolute Gasteiger partial charge is 0.0216 e. The fourth-order valence-electron chi connectivity index (χ4n) is 0.354. The van der Waals surface area contributed by atoms with Gasteiger partial charge < -0.3 is 0 Å². The first-order valence-corrected chi connectivity index (χ1v) is 3.11. The molecule has 0 heterocycles. The zero-order valence-corrected chi connectivity index (χ0v) is 6.36. The molecule has 0 aliphatic carbocycles. The van der Waals surface area contributed by atoms with Gasteiger partial charge in [-0.15, -0.1) is 6.58 Å². The first-order valence-electron chi connectivity index (χ1n) is 3.11. The van der Waals surface area contributed by atoms with E-state index in [4.69, 9.17) is 0 Å². The van der Waals surface area contributed by atoms with Gasteiger partial charge in [0.25, 0.3) is 0 Å². The Morgan fingerprint density at radius 2 is 1.75 bits per heavy atom. The Hall–Kier alpha value is -0.260. The van der Waals surface area contributed by atoms with Crippen molar-refractivity contribution in [3.8, 4) is 0 Å². The lowest BCUT2D eigenvalue weighted by Gasteiger charge is -2.23. The van der Waals surface area contributed by atoms with Crippen LogP contribution in [0.25, 0.3) is 0 Å². The lowest BCUT2D eigenvalue weighted by atomic mass is 9.82. The highest BCUT2D eigenvalue weighted by molar-refractivity contribution is 4.83. The van der Waals surface area contributed by atoms with Gasteiger partial charge in [-0.2, -0.15) is 0 Å². The summed E-state index contributed by atoms with van der Waals surface area (Å²) in [6.45, 7) is 12.6. The largest absolute Gasteiger partial charge is 0.103 e. The molecule has 0 spiro atoms. The van der Waals surface area contributed by atoms with Crippen LogP contribution >= 0.6 is 0 Å². The maximum absolute atomic E-state index is 3.73. The molecule has 0 aliphatic heterocycles. The van der Waals surface area contributed by atoms with Crippen molar-refractivity contribution in [1.82, 2.24) is 0 Å². The Balaban J connectivity index is 3.80. The van der Waals surface area contributed by atoms with Gasteiger partial charge in [-0.3, -0.25) is 0 Å². The van der Waals surface area contributed by atoms with Gasteiger partial charge in [0.05, 0.1) is 0 Å². The topological polar surface area (TPSA) is 0 Å². The van der Waals surface area contributed by atoms with E-state index in [1.54, 1.807) is 0 Å². The van der Waals surface area contributed by atoms with Crippen LogP contribution in [-0.4, -0.2) is 0 Å². The molecule has 0 unspecified atom stereocenters. The molecule has 0 bridgehead atoms. The summed E-state index contributed by atoms with van der Waals surface area (Å²) < 4.78 is 0. The Morgan fingerprint density at radius 1 is 1.38 bits per heavy atom. The number of hydrogen-bond acceptors (Lipinski definition) is 0. The average molecular weight is 112 g/mol. The molecule has 1 atom stereocenters. The number of hydrogen-bond donors (Lipinski definition) is 0. The number of allylic oxidation sites excluding steroid dienone is 1. The van der Waals surface area contributed by atoms with Crippen LogP contribution in [0.5, 0.6) is 0 Å². The molecule has 0 amide bonds. The van der Waals surface area contributed by atoms with Crippen LogP contribution in [0, 0.1) is 11.3 Å². The quantitative estimate of drug-likeness (QED) is 0.457. The molecule has 0 fully saturated rings. The van der Waals surface area contributed by atoms with Crippen LogP contribution in [0.3, 0.4) is 0 Å². The Morgan fingerprint density at radius 3 is 1.75 bits per heavy atom. The molecule has 8 heavy (non-hydrogen) atoms. The number of rotatable bonds is 1. The van der Waals surface area contributed by atoms with Crippen molar-refractivity contribution in [1.29, 1.82) is 0 Å². The van der Waals surface area contributed by atoms with E-state index in [1.165, 1.54) is 0 Å². The van der Waals surface area contributed by atoms with Crippen molar-refractivity contribution in [2.24, 2.45) is 11.3 Å². The Bertz CT molecular complexity index is 74.5. The standard InChI is InChI=1S/C8H16/c1-6-7(2)8(3,4)5/h6-7H,1H2,2-5H3/t7-/m0/s1. The van der Waals surface area contributed by atoms with Crippen LogP contribution in [0.2, 0.25) is 0 Å². The van der Waals surface area contributed by atoms with Crippen LogP contribution in [0.4, 0.5) is 0 Å². The van der Waals surface area contributed by atoms with Crippen LogP contribution < -0.4 is 0 Å². The molecule has 0 saturated carbocycles. The molecule has 0 aromatic rings. The maximum Gasteiger partial charge on any atom is -0.0216 e. The molecular formula is C8H16. The van der Waals surface area contributed by atoms with Gasteiger partial charge in [0.1, 0.15) is 0 Å². The summed E-state index contributed by atoms with van der Waals surface area (Å²) >= 11 is 0. The highest BCUT2D eigenvalue weighted by atomic mass is 14.2. The van der Waals surface area contributed by atoms with Crippen molar-refractivity contribution in [2.75, 3.05) is 0 Å². The predicted octanol–water partition coefficient (Wildman–Crippen LogP) is 2.85. The third kappa shape index (κ3) is 2.15. The molecular weight excluding hydrogens is 96.1 g/mol. The fraction of sp³-hybridized carbons (Fsp3) is 0.750. The maximum atomic E-state index is 3.73. The third-order valence-electron chi connectivity index (χ3n) is 1.72. The van der Waals surface area contributed by atoms with E-state index in [0.29, 0.717) is 11.3 Å². The van der Waals surface area contributed by atoms with E-state index in [-0.39, 0.29) is 0 Å². The van der Waals surface area contributed by atoms with Crippen LogP contribution in [0.15, 0.2) is 12.7 Å². The summed E-state index contributed by atoms with van der Waals surface area (Å²) in [4.78, 5) is 0. The van der Waals surface area contributed by atoms with E-state index in [0.717, 1.165) is 0 Å². The third-order valence-corrected chi connectivity index (χ3v) is 1.72. The minimum atomic E-state index is 0.391. The predicted molar refractivity (Wildman–Crippen MR) is 38.8 cm³/mol. The van der Waals surface area contributed by atoms with Gasteiger partial charge in [-0.05, 0) is 11.3 Å². The van der Waals surface area contributed by atoms with E-state index < -0.39 is 0 Å². The van der Waals surface area contributed by atoms with Crippen molar-refractivity contribution in [2.45, 2.75) is 27.7 Å². The monoisotopic (exact) mass is 112 g/mol. The second-order valence-electron chi connectivity index (χ2n) is 3.39. The minimum absolute atomic E-state index is 0.391. The SMILES string of the molecule is C=C[C@H](C)C(C)(C)C. The fourth-order valence-corrected chi connectivity index (χ4v) is 0.354. The van der Waals surface area contributed by atoms with Gasteiger partial charge in [-0.25, -0.2) is 0 Å². The average Bonchev–Trinajstić information content (AvgIpc) is 1.62. The van der Waals surface area contributed by atoms with E-state index >= 15 is 0 Å². The summed E-state index contributed by atoms with van der Waals surface area (Å²) in [6, 6.07) is 0. The van der Waals surface area contributed by atoms with Crippen molar-refractivity contribution in [3.63, 3.8) is 0 Å².